The first-order valence-electron chi connectivity index (χ1n) is 7.81. The standard InChI is InChI=1S/C17H20N2O4S2/c1-23-16(21)11-12(13-5-3-9-24-13)19-15(20)7-2-8-18-17(22)14-6-4-10-25-14/h3-6,9-10,12H,2,7-8,11H2,1H3,(H,18,22)(H,19,20)/t12-/m1/s1. The monoisotopic (exact) mass is 380 g/mol. The molecule has 0 fully saturated rings. The van der Waals surface area contributed by atoms with Gasteiger partial charge in [0.25, 0.3) is 5.91 Å². The Bertz CT molecular complexity index is 684. The molecule has 0 spiro atoms. The molecule has 0 aromatic carbocycles. The van der Waals surface area contributed by atoms with E-state index in [1.54, 1.807) is 6.07 Å². The summed E-state index contributed by atoms with van der Waals surface area (Å²) in [6.45, 7) is 0.421. The molecule has 134 valence electrons. The topological polar surface area (TPSA) is 84.5 Å². The van der Waals surface area contributed by atoms with E-state index in [4.69, 9.17) is 0 Å². The first kappa shape index (κ1) is 19.1. The summed E-state index contributed by atoms with van der Waals surface area (Å²) in [5, 5.41) is 9.38. The number of methoxy groups -OCH3 is 1. The molecule has 25 heavy (non-hydrogen) atoms. The van der Waals surface area contributed by atoms with Crippen molar-refractivity contribution in [2.75, 3.05) is 13.7 Å². The maximum atomic E-state index is 12.1. The first-order chi connectivity index (χ1) is 12.1. The number of amides is 2. The van der Waals surface area contributed by atoms with Crippen molar-refractivity contribution in [3.63, 3.8) is 0 Å². The fourth-order valence-corrected chi connectivity index (χ4v) is 3.59. The summed E-state index contributed by atoms with van der Waals surface area (Å²) in [4.78, 5) is 37.0. The minimum Gasteiger partial charge on any atom is -0.469 e. The molecular weight excluding hydrogens is 360 g/mol. The number of hydrogen-bond acceptors (Lipinski definition) is 6. The minimum atomic E-state index is -0.388. The van der Waals surface area contributed by atoms with Gasteiger partial charge in [-0.1, -0.05) is 12.1 Å². The highest BCUT2D eigenvalue weighted by molar-refractivity contribution is 7.12. The van der Waals surface area contributed by atoms with Gasteiger partial charge in [-0.15, -0.1) is 22.7 Å². The van der Waals surface area contributed by atoms with E-state index in [1.807, 2.05) is 29.0 Å². The number of ether oxygens (including phenoxy) is 1. The summed E-state index contributed by atoms with van der Waals surface area (Å²) in [7, 11) is 1.33. The van der Waals surface area contributed by atoms with Gasteiger partial charge < -0.3 is 15.4 Å². The number of thiophene rings is 2. The van der Waals surface area contributed by atoms with Crippen molar-refractivity contribution in [2.24, 2.45) is 0 Å². The third-order valence-corrected chi connectivity index (χ3v) is 5.29. The van der Waals surface area contributed by atoms with E-state index >= 15 is 0 Å². The van der Waals surface area contributed by atoms with Gasteiger partial charge in [0, 0.05) is 17.8 Å². The Morgan fingerprint density at radius 2 is 1.92 bits per heavy atom. The molecule has 2 aromatic heterocycles. The Kier molecular flexibility index (Phi) is 7.62. The zero-order chi connectivity index (χ0) is 18.1. The van der Waals surface area contributed by atoms with Crippen molar-refractivity contribution < 1.29 is 19.1 Å². The number of carbonyl (C=O) groups excluding carboxylic acids is 3. The molecule has 0 saturated carbocycles. The highest BCUT2D eigenvalue weighted by Gasteiger charge is 2.19. The van der Waals surface area contributed by atoms with Crippen LogP contribution in [0.2, 0.25) is 0 Å². The van der Waals surface area contributed by atoms with E-state index in [2.05, 4.69) is 15.4 Å². The second-order valence-corrected chi connectivity index (χ2v) is 7.18. The Labute approximate surface area is 154 Å². The largest absolute Gasteiger partial charge is 0.469 e. The highest BCUT2D eigenvalue weighted by Crippen LogP contribution is 2.22. The average Bonchev–Trinajstić information content (AvgIpc) is 3.31. The molecule has 2 aromatic rings. The van der Waals surface area contributed by atoms with Gasteiger partial charge in [0.1, 0.15) is 0 Å². The minimum absolute atomic E-state index is 0.0951. The van der Waals surface area contributed by atoms with Crippen LogP contribution in [0.15, 0.2) is 35.0 Å². The third kappa shape index (κ3) is 6.32. The van der Waals surface area contributed by atoms with Gasteiger partial charge in [0.15, 0.2) is 0 Å². The van der Waals surface area contributed by atoms with Crippen molar-refractivity contribution in [2.45, 2.75) is 25.3 Å². The summed E-state index contributed by atoms with van der Waals surface area (Å²) in [5.74, 6) is -0.660. The quantitative estimate of drug-likeness (QED) is 0.517. The lowest BCUT2D eigenvalue weighted by molar-refractivity contribution is -0.141. The van der Waals surface area contributed by atoms with Crippen molar-refractivity contribution in [3.8, 4) is 0 Å². The van der Waals surface area contributed by atoms with Crippen molar-refractivity contribution in [1.29, 1.82) is 0 Å². The van der Waals surface area contributed by atoms with Crippen LogP contribution in [0.4, 0.5) is 0 Å². The molecule has 2 rings (SSSR count). The van der Waals surface area contributed by atoms with E-state index < -0.39 is 0 Å². The lowest BCUT2D eigenvalue weighted by Crippen LogP contribution is -2.31. The Morgan fingerprint density at radius 3 is 2.56 bits per heavy atom. The van der Waals surface area contributed by atoms with Crippen LogP contribution in [0.1, 0.15) is 39.9 Å². The van der Waals surface area contributed by atoms with Crippen LogP contribution in [-0.2, 0) is 14.3 Å². The van der Waals surface area contributed by atoms with Crippen LogP contribution >= 0.6 is 22.7 Å². The third-order valence-electron chi connectivity index (χ3n) is 3.43. The zero-order valence-corrected chi connectivity index (χ0v) is 15.5. The fourth-order valence-electron chi connectivity index (χ4n) is 2.17. The van der Waals surface area contributed by atoms with Crippen molar-refractivity contribution in [3.05, 3.63) is 44.8 Å². The summed E-state index contributed by atoms with van der Waals surface area (Å²) in [5.41, 5.74) is 0. The lowest BCUT2D eigenvalue weighted by atomic mass is 10.1. The van der Waals surface area contributed by atoms with E-state index in [9.17, 15) is 14.4 Å². The molecule has 2 heterocycles. The molecule has 6 nitrogen and oxygen atoms in total. The van der Waals surface area contributed by atoms with E-state index in [0.717, 1.165) is 4.88 Å². The summed E-state index contributed by atoms with van der Waals surface area (Å²) in [6.07, 6.45) is 0.893. The van der Waals surface area contributed by atoms with Crippen molar-refractivity contribution >= 4 is 40.5 Å². The maximum absolute atomic E-state index is 12.1. The number of carbonyl (C=O) groups is 3. The molecule has 0 aliphatic carbocycles. The summed E-state index contributed by atoms with van der Waals surface area (Å²) in [6, 6.07) is 6.93. The normalized spacial score (nSPS) is 11.6. The van der Waals surface area contributed by atoms with Crippen LogP contribution in [0, 0.1) is 0 Å². The second-order valence-electron chi connectivity index (χ2n) is 5.25. The Hall–Kier alpha value is -2.19. The smallest absolute Gasteiger partial charge is 0.307 e. The average molecular weight is 380 g/mol. The second kappa shape index (κ2) is 9.95. The number of rotatable bonds is 9. The van der Waals surface area contributed by atoms with Crippen LogP contribution in [-0.4, -0.2) is 31.4 Å². The van der Waals surface area contributed by atoms with Gasteiger partial charge in [-0.05, 0) is 29.3 Å². The van der Waals surface area contributed by atoms with E-state index in [0.29, 0.717) is 17.8 Å². The molecule has 1 atom stereocenters. The van der Waals surface area contributed by atoms with Crippen LogP contribution in [0.3, 0.4) is 0 Å². The van der Waals surface area contributed by atoms with Gasteiger partial charge in [0.2, 0.25) is 5.91 Å². The van der Waals surface area contributed by atoms with Crippen LogP contribution in [0.25, 0.3) is 0 Å². The Morgan fingerprint density at radius 1 is 1.16 bits per heavy atom. The molecule has 0 unspecified atom stereocenters. The molecule has 2 N–H and O–H groups in total. The van der Waals surface area contributed by atoms with Gasteiger partial charge in [-0.3, -0.25) is 14.4 Å². The molecule has 0 aliphatic heterocycles. The summed E-state index contributed by atoms with van der Waals surface area (Å²) >= 11 is 2.85. The predicted molar refractivity (Wildman–Crippen MR) is 97.7 cm³/mol. The molecule has 0 radical (unpaired) electrons. The summed E-state index contributed by atoms with van der Waals surface area (Å²) < 4.78 is 4.69. The van der Waals surface area contributed by atoms with Crippen molar-refractivity contribution in [1.82, 2.24) is 10.6 Å². The molecule has 0 aliphatic rings. The van der Waals surface area contributed by atoms with Gasteiger partial charge in [-0.2, -0.15) is 0 Å². The fraction of sp³-hybridized carbons (Fsp3) is 0.353. The molecule has 0 saturated heterocycles. The SMILES string of the molecule is COC(=O)C[C@@H](NC(=O)CCCNC(=O)c1cccs1)c1cccs1. The molecule has 2 amide bonds. The van der Waals surface area contributed by atoms with Crippen LogP contribution in [0.5, 0.6) is 0 Å². The molecule has 0 bridgehead atoms. The molecular formula is C17H20N2O4S2. The zero-order valence-electron chi connectivity index (χ0n) is 13.8. The van der Waals surface area contributed by atoms with Crippen LogP contribution < -0.4 is 10.6 Å². The highest BCUT2D eigenvalue weighted by atomic mass is 32.1. The number of esters is 1. The number of hydrogen-bond donors (Lipinski definition) is 2. The van der Waals surface area contributed by atoms with E-state index in [1.165, 1.54) is 29.8 Å². The molecule has 8 heteroatoms. The van der Waals surface area contributed by atoms with Gasteiger partial charge in [-0.25, -0.2) is 0 Å². The first-order valence-corrected chi connectivity index (χ1v) is 9.57. The van der Waals surface area contributed by atoms with Gasteiger partial charge >= 0.3 is 5.97 Å². The van der Waals surface area contributed by atoms with E-state index in [-0.39, 0.29) is 36.7 Å². The predicted octanol–water partition coefficient (Wildman–Crippen LogP) is 2.74. The maximum Gasteiger partial charge on any atom is 0.307 e. The van der Waals surface area contributed by atoms with Gasteiger partial charge in [0.05, 0.1) is 24.4 Å². The number of nitrogens with one attached hydrogen (secondary N) is 2. The Balaban J connectivity index is 1.75. The lowest BCUT2D eigenvalue weighted by Gasteiger charge is -2.16.